The summed E-state index contributed by atoms with van der Waals surface area (Å²) in [5, 5.41) is 12.3. The molecule has 0 bridgehead atoms. The van der Waals surface area contributed by atoms with Crippen molar-refractivity contribution < 1.29 is 14.7 Å². The van der Waals surface area contributed by atoms with Crippen molar-refractivity contribution in [3.8, 4) is 0 Å². The smallest absolute Gasteiger partial charge is 0.335 e. The summed E-state index contributed by atoms with van der Waals surface area (Å²) in [5.74, 6) is -0.243. The van der Waals surface area contributed by atoms with E-state index in [-0.39, 0.29) is 17.3 Å². The van der Waals surface area contributed by atoms with Gasteiger partial charge in [0.2, 0.25) is 0 Å². The molecule has 6 nitrogen and oxygen atoms in total. The summed E-state index contributed by atoms with van der Waals surface area (Å²) >= 11 is 0. The Hall–Kier alpha value is -2.21. The number of pyridine rings is 1. The fourth-order valence-corrected chi connectivity index (χ4v) is 2.50. The number of aldehydes is 1. The summed E-state index contributed by atoms with van der Waals surface area (Å²) < 4.78 is 1.79. The second-order valence-corrected chi connectivity index (χ2v) is 4.60. The summed E-state index contributed by atoms with van der Waals surface area (Å²) in [4.78, 5) is 26.4. The highest BCUT2D eigenvalue weighted by molar-refractivity contribution is 5.92. The topological polar surface area (TPSA) is 83.7 Å². The number of aromatic carboxylic acids is 1. The van der Waals surface area contributed by atoms with E-state index in [2.05, 4.69) is 10.3 Å². The van der Waals surface area contributed by atoms with Gasteiger partial charge in [0.05, 0.1) is 17.1 Å². The van der Waals surface area contributed by atoms with E-state index in [4.69, 9.17) is 5.11 Å². The van der Waals surface area contributed by atoms with Gasteiger partial charge < -0.3 is 14.8 Å². The molecular weight excluding hydrogens is 246 g/mol. The molecule has 1 aliphatic rings. The molecule has 6 heteroatoms. The zero-order chi connectivity index (χ0) is 13.4. The van der Waals surface area contributed by atoms with Crippen molar-refractivity contribution in [2.45, 2.75) is 18.9 Å². The van der Waals surface area contributed by atoms with E-state index in [1.807, 2.05) is 0 Å². The minimum Gasteiger partial charge on any atom is -0.478 e. The molecule has 98 valence electrons. The third-order valence-electron chi connectivity index (χ3n) is 3.43. The first kappa shape index (κ1) is 11.9. The van der Waals surface area contributed by atoms with Crippen LogP contribution in [-0.2, 0) is 0 Å². The molecular formula is C13H13N3O3. The Balaban J connectivity index is 2.19. The summed E-state index contributed by atoms with van der Waals surface area (Å²) in [7, 11) is 0. The van der Waals surface area contributed by atoms with Crippen molar-refractivity contribution in [2.75, 3.05) is 6.54 Å². The highest BCUT2D eigenvalue weighted by Gasteiger charge is 2.23. The number of rotatable bonds is 3. The van der Waals surface area contributed by atoms with Gasteiger partial charge in [-0.25, -0.2) is 9.78 Å². The van der Waals surface area contributed by atoms with E-state index >= 15 is 0 Å². The number of carbonyl (C=O) groups is 2. The van der Waals surface area contributed by atoms with Crippen LogP contribution in [0.1, 0.15) is 45.6 Å². The van der Waals surface area contributed by atoms with Gasteiger partial charge in [-0.15, -0.1) is 0 Å². The number of carboxylic acids is 1. The van der Waals surface area contributed by atoms with Crippen molar-refractivity contribution in [2.24, 2.45) is 0 Å². The van der Waals surface area contributed by atoms with Gasteiger partial charge in [0.25, 0.3) is 0 Å². The molecule has 0 saturated carbocycles. The molecule has 3 heterocycles. The van der Waals surface area contributed by atoms with Gasteiger partial charge in [-0.2, -0.15) is 0 Å². The predicted octanol–water partition coefficient (Wildman–Crippen LogP) is 1.27. The van der Waals surface area contributed by atoms with E-state index in [1.54, 1.807) is 10.6 Å². The first-order valence-corrected chi connectivity index (χ1v) is 6.14. The van der Waals surface area contributed by atoms with Crippen LogP contribution in [0.2, 0.25) is 0 Å². The van der Waals surface area contributed by atoms with Crippen LogP contribution in [0.5, 0.6) is 0 Å². The predicted molar refractivity (Wildman–Crippen MR) is 67.5 cm³/mol. The first-order valence-electron chi connectivity index (χ1n) is 6.14. The van der Waals surface area contributed by atoms with E-state index in [9.17, 15) is 9.59 Å². The molecule has 0 amide bonds. The van der Waals surface area contributed by atoms with E-state index in [0.29, 0.717) is 11.8 Å². The Kier molecular flexibility index (Phi) is 2.79. The number of nitrogens with one attached hydrogen (secondary N) is 1. The number of nitrogens with zero attached hydrogens (tertiary/aromatic N) is 2. The number of carboxylic acid groups (broad SMARTS) is 1. The molecule has 1 aliphatic heterocycles. The third-order valence-corrected chi connectivity index (χ3v) is 3.43. The van der Waals surface area contributed by atoms with Gasteiger partial charge in [0.15, 0.2) is 6.29 Å². The van der Waals surface area contributed by atoms with Gasteiger partial charge in [-0.3, -0.25) is 4.79 Å². The lowest BCUT2D eigenvalue weighted by Gasteiger charge is -2.08. The second-order valence-electron chi connectivity index (χ2n) is 4.60. The van der Waals surface area contributed by atoms with Crippen molar-refractivity contribution >= 4 is 17.8 Å². The lowest BCUT2D eigenvalue weighted by Crippen LogP contribution is -2.15. The number of aromatic nitrogens is 2. The van der Waals surface area contributed by atoms with Crippen molar-refractivity contribution in [1.82, 2.24) is 14.7 Å². The molecule has 2 aromatic heterocycles. The second kappa shape index (κ2) is 4.47. The Labute approximate surface area is 109 Å². The summed E-state index contributed by atoms with van der Waals surface area (Å²) in [6.45, 7) is 0.934. The lowest BCUT2D eigenvalue weighted by atomic mass is 10.2. The molecule has 1 saturated heterocycles. The van der Waals surface area contributed by atoms with Crippen LogP contribution >= 0.6 is 0 Å². The van der Waals surface area contributed by atoms with Crippen LogP contribution in [-0.4, -0.2) is 33.3 Å². The van der Waals surface area contributed by atoms with Crippen LogP contribution in [0, 0.1) is 0 Å². The quantitative estimate of drug-likeness (QED) is 0.811. The fourth-order valence-electron chi connectivity index (χ4n) is 2.50. The fraction of sp³-hybridized carbons (Fsp3) is 0.308. The van der Waals surface area contributed by atoms with Crippen LogP contribution in [0.4, 0.5) is 0 Å². The van der Waals surface area contributed by atoms with E-state index in [0.717, 1.165) is 25.2 Å². The first-order chi connectivity index (χ1) is 9.20. The monoisotopic (exact) mass is 259 g/mol. The van der Waals surface area contributed by atoms with Crippen LogP contribution < -0.4 is 5.32 Å². The molecule has 1 atom stereocenters. The Morgan fingerprint density at radius 2 is 2.42 bits per heavy atom. The molecule has 0 radical (unpaired) electrons. The summed E-state index contributed by atoms with van der Waals surface area (Å²) in [6.07, 6.45) is 4.37. The Morgan fingerprint density at radius 1 is 1.58 bits per heavy atom. The van der Waals surface area contributed by atoms with Crippen molar-refractivity contribution in [3.63, 3.8) is 0 Å². The van der Waals surface area contributed by atoms with Crippen molar-refractivity contribution in [3.05, 3.63) is 35.4 Å². The minimum absolute atomic E-state index is 0.122. The van der Waals surface area contributed by atoms with Gasteiger partial charge in [-0.1, -0.05) is 0 Å². The molecule has 19 heavy (non-hydrogen) atoms. The maximum atomic E-state index is 11.1. The van der Waals surface area contributed by atoms with Crippen molar-refractivity contribution in [1.29, 1.82) is 0 Å². The lowest BCUT2D eigenvalue weighted by molar-refractivity contribution is 0.0696. The zero-order valence-corrected chi connectivity index (χ0v) is 10.2. The number of hydrogen-bond acceptors (Lipinski definition) is 4. The maximum Gasteiger partial charge on any atom is 0.335 e. The highest BCUT2D eigenvalue weighted by Crippen LogP contribution is 2.25. The van der Waals surface area contributed by atoms with Gasteiger partial charge in [0.1, 0.15) is 11.5 Å². The average molecular weight is 259 g/mol. The van der Waals surface area contributed by atoms with Gasteiger partial charge in [0, 0.05) is 6.20 Å². The molecule has 3 rings (SSSR count). The van der Waals surface area contributed by atoms with Crippen LogP contribution in [0.3, 0.4) is 0 Å². The normalized spacial score (nSPS) is 18.8. The van der Waals surface area contributed by atoms with E-state index in [1.165, 1.54) is 12.1 Å². The molecule has 0 aliphatic carbocycles. The summed E-state index contributed by atoms with van der Waals surface area (Å²) in [6, 6.07) is 3.12. The van der Waals surface area contributed by atoms with E-state index < -0.39 is 5.97 Å². The third kappa shape index (κ3) is 1.90. The average Bonchev–Trinajstić information content (AvgIpc) is 3.04. The molecule has 1 unspecified atom stereocenters. The SMILES string of the molecule is O=Cc1nc(C2CCCN2)n2ccc(C(=O)O)cc12. The standard InChI is InChI=1S/C13H13N3O3/c17-7-10-11-6-8(13(18)19)3-5-16(11)12(15-10)9-2-1-4-14-9/h3,5-7,9,14H,1-2,4H2,(H,18,19). The number of imidazole rings is 1. The zero-order valence-electron chi connectivity index (χ0n) is 10.2. The van der Waals surface area contributed by atoms with Crippen LogP contribution in [0.15, 0.2) is 18.3 Å². The molecule has 0 spiro atoms. The largest absolute Gasteiger partial charge is 0.478 e. The number of carbonyl (C=O) groups excluding carboxylic acids is 1. The molecule has 2 N–H and O–H groups in total. The van der Waals surface area contributed by atoms with Crippen LogP contribution in [0.25, 0.3) is 5.52 Å². The van der Waals surface area contributed by atoms with Gasteiger partial charge in [-0.05, 0) is 31.5 Å². The number of hydrogen-bond donors (Lipinski definition) is 2. The Morgan fingerprint density at radius 3 is 3.05 bits per heavy atom. The Bertz CT molecular complexity index is 656. The molecule has 2 aromatic rings. The van der Waals surface area contributed by atoms with Gasteiger partial charge >= 0.3 is 5.97 Å². The maximum absolute atomic E-state index is 11.1. The molecule has 1 fully saturated rings. The number of fused-ring (bicyclic) bond motifs is 1. The minimum atomic E-state index is -1.01. The highest BCUT2D eigenvalue weighted by atomic mass is 16.4. The molecule has 0 aromatic carbocycles. The summed E-state index contributed by atoms with van der Waals surface area (Å²) in [5.41, 5.74) is 0.979.